The number of rotatable bonds is 2. The van der Waals surface area contributed by atoms with Crippen molar-refractivity contribution in [2.45, 2.75) is 31.7 Å². The van der Waals surface area contributed by atoms with Crippen LogP contribution >= 0.6 is 0 Å². The smallest absolute Gasteiger partial charge is 0.247 e. The molecular weight excluding hydrogens is 214 g/mol. The number of nitrogens with zero attached hydrogens (tertiary/aromatic N) is 2. The van der Waals surface area contributed by atoms with Crippen molar-refractivity contribution in [3.05, 3.63) is 35.7 Å². The fraction of sp³-hybridized carbons (Fsp3) is 0.385. The molecule has 0 radical (unpaired) electrons. The minimum Gasteiger partial charge on any atom is -0.337 e. The Bertz CT molecular complexity index is 543. The van der Waals surface area contributed by atoms with Crippen LogP contribution in [0.4, 0.5) is 0 Å². The van der Waals surface area contributed by atoms with Crippen LogP contribution in [0.5, 0.6) is 0 Å². The molecular formula is C13H15N3O. The van der Waals surface area contributed by atoms with Gasteiger partial charge in [0.2, 0.25) is 11.7 Å². The topological polar surface area (TPSA) is 64.9 Å². The Morgan fingerprint density at radius 2 is 2.18 bits per heavy atom. The second kappa shape index (κ2) is 3.67. The van der Waals surface area contributed by atoms with Crippen LogP contribution < -0.4 is 5.73 Å². The zero-order valence-corrected chi connectivity index (χ0v) is 9.81. The van der Waals surface area contributed by atoms with E-state index in [1.165, 1.54) is 5.56 Å². The molecule has 0 bridgehead atoms. The van der Waals surface area contributed by atoms with Crippen molar-refractivity contribution in [2.24, 2.45) is 5.73 Å². The van der Waals surface area contributed by atoms with Crippen LogP contribution in [0.25, 0.3) is 11.4 Å². The molecule has 2 aromatic rings. The maximum absolute atomic E-state index is 6.15. The molecule has 2 N–H and O–H groups in total. The third kappa shape index (κ3) is 1.74. The summed E-state index contributed by atoms with van der Waals surface area (Å²) in [6.45, 7) is 2.04. The second-order valence-electron chi connectivity index (χ2n) is 4.80. The predicted molar refractivity (Wildman–Crippen MR) is 64.2 cm³/mol. The predicted octanol–water partition coefficient (Wildman–Crippen LogP) is 2.38. The summed E-state index contributed by atoms with van der Waals surface area (Å²) in [5.41, 5.74) is 7.92. The van der Waals surface area contributed by atoms with Crippen molar-refractivity contribution in [1.82, 2.24) is 10.1 Å². The highest BCUT2D eigenvalue weighted by molar-refractivity contribution is 5.55. The summed E-state index contributed by atoms with van der Waals surface area (Å²) >= 11 is 0. The average molecular weight is 229 g/mol. The fourth-order valence-corrected chi connectivity index (χ4v) is 2.10. The summed E-state index contributed by atoms with van der Waals surface area (Å²) in [6.07, 6.45) is 3.00. The molecule has 1 aliphatic carbocycles. The first-order chi connectivity index (χ1) is 8.17. The number of nitrogens with two attached hydrogens (primary N) is 1. The number of aromatic nitrogens is 2. The summed E-state index contributed by atoms with van der Waals surface area (Å²) in [5.74, 6) is 1.20. The van der Waals surface area contributed by atoms with Crippen molar-refractivity contribution < 1.29 is 4.52 Å². The van der Waals surface area contributed by atoms with Crippen molar-refractivity contribution in [3.63, 3.8) is 0 Å². The Labute approximate surface area is 99.8 Å². The molecule has 1 aromatic heterocycles. The summed E-state index contributed by atoms with van der Waals surface area (Å²) in [7, 11) is 0. The van der Waals surface area contributed by atoms with Gasteiger partial charge in [0, 0.05) is 5.56 Å². The van der Waals surface area contributed by atoms with E-state index in [0.717, 1.165) is 24.8 Å². The van der Waals surface area contributed by atoms with E-state index in [-0.39, 0.29) is 5.54 Å². The number of hydrogen-bond donors (Lipinski definition) is 1. The monoisotopic (exact) mass is 229 g/mol. The van der Waals surface area contributed by atoms with Gasteiger partial charge in [-0.05, 0) is 32.3 Å². The van der Waals surface area contributed by atoms with Gasteiger partial charge in [0.1, 0.15) is 0 Å². The van der Waals surface area contributed by atoms with Gasteiger partial charge in [-0.2, -0.15) is 4.98 Å². The molecule has 0 unspecified atom stereocenters. The minimum atomic E-state index is -0.380. The van der Waals surface area contributed by atoms with E-state index < -0.39 is 0 Å². The molecule has 1 fully saturated rings. The highest BCUT2D eigenvalue weighted by atomic mass is 16.5. The van der Waals surface area contributed by atoms with Gasteiger partial charge in [0.15, 0.2) is 0 Å². The third-order valence-electron chi connectivity index (χ3n) is 3.37. The van der Waals surface area contributed by atoms with Gasteiger partial charge in [0.05, 0.1) is 5.54 Å². The molecule has 88 valence electrons. The molecule has 4 heteroatoms. The normalized spacial score (nSPS) is 17.8. The molecule has 1 aliphatic rings. The largest absolute Gasteiger partial charge is 0.337 e. The lowest BCUT2D eigenvalue weighted by molar-refractivity contribution is 0.181. The lowest BCUT2D eigenvalue weighted by Crippen LogP contribution is -2.43. The third-order valence-corrected chi connectivity index (χ3v) is 3.37. The number of aryl methyl sites for hydroxylation is 1. The SMILES string of the molecule is Cc1cccc(-c2noc(C3(N)CCC3)n2)c1. The summed E-state index contributed by atoms with van der Waals surface area (Å²) in [4.78, 5) is 4.41. The Morgan fingerprint density at radius 1 is 1.35 bits per heavy atom. The van der Waals surface area contributed by atoms with E-state index in [2.05, 4.69) is 10.1 Å². The van der Waals surface area contributed by atoms with Gasteiger partial charge >= 0.3 is 0 Å². The Balaban J connectivity index is 1.95. The first kappa shape index (κ1) is 10.5. The quantitative estimate of drug-likeness (QED) is 0.858. The standard InChI is InChI=1S/C13H15N3O/c1-9-4-2-5-10(8-9)11-15-12(17-16-11)13(14)6-3-7-13/h2,4-5,8H,3,6-7,14H2,1H3. The molecule has 3 rings (SSSR count). The van der Waals surface area contributed by atoms with Crippen LogP contribution in [0.15, 0.2) is 28.8 Å². The summed E-state index contributed by atoms with van der Waals surface area (Å²) in [6, 6.07) is 8.05. The molecule has 1 heterocycles. The van der Waals surface area contributed by atoms with E-state index in [1.54, 1.807) is 0 Å². The summed E-state index contributed by atoms with van der Waals surface area (Å²) in [5, 5.41) is 4.01. The van der Waals surface area contributed by atoms with E-state index in [9.17, 15) is 0 Å². The van der Waals surface area contributed by atoms with Gasteiger partial charge in [-0.1, -0.05) is 28.9 Å². The fourth-order valence-electron chi connectivity index (χ4n) is 2.10. The Hall–Kier alpha value is -1.68. The van der Waals surface area contributed by atoms with Gasteiger partial charge in [-0.25, -0.2) is 0 Å². The summed E-state index contributed by atoms with van der Waals surface area (Å²) < 4.78 is 5.28. The number of benzene rings is 1. The highest BCUT2D eigenvalue weighted by Crippen LogP contribution is 2.38. The van der Waals surface area contributed by atoms with Crippen LogP contribution in [0.2, 0.25) is 0 Å². The van der Waals surface area contributed by atoms with Crippen LogP contribution in [0, 0.1) is 6.92 Å². The molecule has 0 spiro atoms. The van der Waals surface area contributed by atoms with Gasteiger partial charge in [0.25, 0.3) is 0 Å². The van der Waals surface area contributed by atoms with Crippen LogP contribution in [0.1, 0.15) is 30.7 Å². The first-order valence-corrected chi connectivity index (χ1v) is 5.87. The maximum Gasteiger partial charge on any atom is 0.247 e. The highest BCUT2D eigenvalue weighted by Gasteiger charge is 2.39. The number of hydrogen-bond acceptors (Lipinski definition) is 4. The lowest BCUT2D eigenvalue weighted by Gasteiger charge is -2.33. The Kier molecular flexibility index (Phi) is 2.26. The van der Waals surface area contributed by atoms with Crippen molar-refractivity contribution in [1.29, 1.82) is 0 Å². The first-order valence-electron chi connectivity index (χ1n) is 5.87. The van der Waals surface area contributed by atoms with Crippen molar-refractivity contribution in [2.75, 3.05) is 0 Å². The zero-order chi connectivity index (χ0) is 11.9. The Morgan fingerprint density at radius 3 is 2.82 bits per heavy atom. The van der Waals surface area contributed by atoms with Crippen molar-refractivity contribution in [3.8, 4) is 11.4 Å². The van der Waals surface area contributed by atoms with E-state index in [0.29, 0.717) is 11.7 Å². The minimum absolute atomic E-state index is 0.380. The lowest BCUT2D eigenvalue weighted by atomic mass is 9.78. The van der Waals surface area contributed by atoms with Gasteiger partial charge in [-0.3, -0.25) is 0 Å². The van der Waals surface area contributed by atoms with Crippen molar-refractivity contribution >= 4 is 0 Å². The second-order valence-corrected chi connectivity index (χ2v) is 4.80. The maximum atomic E-state index is 6.15. The van der Waals surface area contributed by atoms with Crippen LogP contribution in [-0.2, 0) is 5.54 Å². The zero-order valence-electron chi connectivity index (χ0n) is 9.81. The average Bonchev–Trinajstić information content (AvgIpc) is 2.75. The van der Waals surface area contributed by atoms with Gasteiger partial charge in [-0.15, -0.1) is 0 Å². The molecule has 17 heavy (non-hydrogen) atoms. The molecule has 0 saturated heterocycles. The molecule has 0 amide bonds. The van der Waals surface area contributed by atoms with Crippen LogP contribution in [0.3, 0.4) is 0 Å². The molecule has 0 atom stereocenters. The molecule has 1 saturated carbocycles. The van der Waals surface area contributed by atoms with Crippen LogP contribution in [-0.4, -0.2) is 10.1 Å². The van der Waals surface area contributed by atoms with Gasteiger partial charge < -0.3 is 10.3 Å². The molecule has 4 nitrogen and oxygen atoms in total. The van der Waals surface area contributed by atoms with E-state index >= 15 is 0 Å². The van der Waals surface area contributed by atoms with E-state index in [4.69, 9.17) is 10.3 Å². The van der Waals surface area contributed by atoms with E-state index in [1.807, 2.05) is 31.2 Å². The molecule has 0 aliphatic heterocycles. The molecule has 1 aromatic carbocycles.